The first kappa shape index (κ1) is 15.0. The topological polar surface area (TPSA) is 81.4 Å². The van der Waals surface area contributed by atoms with Crippen LogP contribution in [0.25, 0.3) is 0 Å². The minimum atomic E-state index is -0.370. The number of nitrogens with two attached hydrogens (primary N) is 1. The lowest BCUT2D eigenvalue weighted by molar-refractivity contribution is -0.147. The summed E-state index contributed by atoms with van der Waals surface area (Å²) in [4.78, 5) is 23.4. The van der Waals surface area contributed by atoms with Crippen LogP contribution in [0.15, 0.2) is 18.2 Å². The molecule has 0 aliphatic rings. The van der Waals surface area contributed by atoms with Crippen molar-refractivity contribution in [3.05, 3.63) is 29.3 Å². The number of aryl methyl sites for hydroxylation is 1. The van der Waals surface area contributed by atoms with Crippen LogP contribution in [0, 0.1) is 12.8 Å². The summed E-state index contributed by atoms with van der Waals surface area (Å²) < 4.78 is 4.87. The quantitative estimate of drug-likeness (QED) is 0.624. The Hall–Kier alpha value is -2.04. The van der Waals surface area contributed by atoms with Gasteiger partial charge >= 0.3 is 5.97 Å². The van der Waals surface area contributed by atoms with E-state index in [1.165, 1.54) is 0 Å². The van der Waals surface area contributed by atoms with E-state index in [2.05, 4.69) is 5.32 Å². The maximum absolute atomic E-state index is 12.0. The van der Waals surface area contributed by atoms with Crippen LogP contribution in [0.4, 0.5) is 5.69 Å². The number of benzene rings is 1. The van der Waals surface area contributed by atoms with E-state index < -0.39 is 0 Å². The molecule has 104 valence electrons. The molecule has 0 bridgehead atoms. The molecule has 0 spiro atoms. The van der Waals surface area contributed by atoms with Gasteiger partial charge in [0.05, 0.1) is 12.5 Å². The van der Waals surface area contributed by atoms with Crippen LogP contribution in [0.2, 0.25) is 0 Å². The lowest BCUT2D eigenvalue weighted by Crippen LogP contribution is -2.32. The van der Waals surface area contributed by atoms with Crippen molar-refractivity contribution in [1.82, 2.24) is 5.32 Å². The zero-order valence-corrected chi connectivity index (χ0v) is 11.5. The number of nitrogen functional groups attached to an aromatic ring is 1. The standard InChI is InChI=1S/C14H20N2O3/c1-4-19-14(18)10(3)8-16-13(17)12-7-11(15)6-5-9(12)2/h5-7,10H,4,8,15H2,1-3H3,(H,16,17). The second-order valence-electron chi connectivity index (χ2n) is 4.44. The maximum Gasteiger partial charge on any atom is 0.310 e. The van der Waals surface area contributed by atoms with E-state index >= 15 is 0 Å². The van der Waals surface area contributed by atoms with Gasteiger partial charge in [0.25, 0.3) is 5.91 Å². The fraction of sp³-hybridized carbons (Fsp3) is 0.429. The molecular formula is C14H20N2O3. The first-order valence-corrected chi connectivity index (χ1v) is 6.26. The van der Waals surface area contributed by atoms with Crippen molar-refractivity contribution in [3.63, 3.8) is 0 Å². The Morgan fingerprint density at radius 2 is 2.11 bits per heavy atom. The molecule has 0 aliphatic carbocycles. The van der Waals surface area contributed by atoms with Gasteiger partial charge in [-0.3, -0.25) is 9.59 Å². The van der Waals surface area contributed by atoms with Gasteiger partial charge in [0.2, 0.25) is 0 Å². The van der Waals surface area contributed by atoms with Gasteiger partial charge in [-0.1, -0.05) is 13.0 Å². The summed E-state index contributed by atoms with van der Waals surface area (Å²) in [6, 6.07) is 5.16. The number of rotatable bonds is 5. The molecule has 1 aromatic carbocycles. The van der Waals surface area contributed by atoms with E-state index in [-0.39, 0.29) is 24.3 Å². The molecule has 0 fully saturated rings. The molecule has 19 heavy (non-hydrogen) atoms. The summed E-state index contributed by atoms with van der Waals surface area (Å²) in [6.45, 7) is 5.88. The summed E-state index contributed by atoms with van der Waals surface area (Å²) in [5.74, 6) is -0.918. The smallest absolute Gasteiger partial charge is 0.310 e. The molecular weight excluding hydrogens is 244 g/mol. The summed E-state index contributed by atoms with van der Waals surface area (Å²) in [6.07, 6.45) is 0. The van der Waals surface area contributed by atoms with Crippen LogP contribution in [-0.4, -0.2) is 25.0 Å². The molecule has 1 unspecified atom stereocenters. The molecule has 0 radical (unpaired) electrons. The number of esters is 1. The van der Waals surface area contributed by atoms with Gasteiger partial charge in [0.15, 0.2) is 0 Å². The van der Waals surface area contributed by atoms with Crippen molar-refractivity contribution in [2.45, 2.75) is 20.8 Å². The summed E-state index contributed by atoms with van der Waals surface area (Å²) in [7, 11) is 0. The van der Waals surface area contributed by atoms with Gasteiger partial charge in [0, 0.05) is 17.8 Å². The zero-order valence-electron chi connectivity index (χ0n) is 11.5. The van der Waals surface area contributed by atoms with Crippen LogP contribution < -0.4 is 11.1 Å². The minimum absolute atomic E-state index is 0.235. The molecule has 0 saturated carbocycles. The average molecular weight is 264 g/mol. The van der Waals surface area contributed by atoms with E-state index in [0.717, 1.165) is 5.56 Å². The number of amides is 1. The molecule has 1 atom stereocenters. The number of hydrogen-bond acceptors (Lipinski definition) is 4. The number of carbonyl (C=O) groups excluding carboxylic acids is 2. The largest absolute Gasteiger partial charge is 0.466 e. The third kappa shape index (κ3) is 4.28. The van der Waals surface area contributed by atoms with Gasteiger partial charge in [-0.05, 0) is 31.5 Å². The normalized spacial score (nSPS) is 11.7. The van der Waals surface area contributed by atoms with Crippen molar-refractivity contribution >= 4 is 17.6 Å². The molecule has 3 N–H and O–H groups in total. The Labute approximate surface area is 113 Å². The number of nitrogens with one attached hydrogen (secondary N) is 1. The second-order valence-corrected chi connectivity index (χ2v) is 4.44. The SMILES string of the molecule is CCOC(=O)C(C)CNC(=O)c1cc(N)ccc1C. The summed E-state index contributed by atoms with van der Waals surface area (Å²) in [5, 5.41) is 2.71. The Kier molecular flexibility index (Phi) is 5.36. The third-order valence-electron chi connectivity index (χ3n) is 2.76. The number of anilines is 1. The van der Waals surface area contributed by atoms with Crippen LogP contribution >= 0.6 is 0 Å². The van der Waals surface area contributed by atoms with Crippen molar-refractivity contribution < 1.29 is 14.3 Å². The molecule has 1 aromatic rings. The predicted octanol–water partition coefficient (Wildman–Crippen LogP) is 1.51. The minimum Gasteiger partial charge on any atom is -0.466 e. The highest BCUT2D eigenvalue weighted by molar-refractivity contribution is 5.96. The lowest BCUT2D eigenvalue weighted by Gasteiger charge is -2.12. The van der Waals surface area contributed by atoms with Crippen molar-refractivity contribution in [2.24, 2.45) is 5.92 Å². The van der Waals surface area contributed by atoms with Crippen LogP contribution in [0.3, 0.4) is 0 Å². The highest BCUT2D eigenvalue weighted by atomic mass is 16.5. The van der Waals surface area contributed by atoms with E-state index in [1.807, 2.05) is 6.92 Å². The molecule has 1 rings (SSSR count). The zero-order chi connectivity index (χ0) is 14.4. The van der Waals surface area contributed by atoms with Gasteiger partial charge in [-0.2, -0.15) is 0 Å². The van der Waals surface area contributed by atoms with Crippen molar-refractivity contribution in [3.8, 4) is 0 Å². The molecule has 5 nitrogen and oxygen atoms in total. The molecule has 1 amide bonds. The average Bonchev–Trinajstić information content (AvgIpc) is 2.38. The van der Waals surface area contributed by atoms with E-state index in [9.17, 15) is 9.59 Å². The number of hydrogen-bond donors (Lipinski definition) is 2. The van der Waals surface area contributed by atoms with E-state index in [4.69, 9.17) is 10.5 Å². The highest BCUT2D eigenvalue weighted by Crippen LogP contribution is 2.12. The van der Waals surface area contributed by atoms with E-state index in [0.29, 0.717) is 17.9 Å². The Balaban J connectivity index is 2.60. The Morgan fingerprint density at radius 1 is 1.42 bits per heavy atom. The maximum atomic E-state index is 12.0. The molecule has 5 heteroatoms. The third-order valence-corrected chi connectivity index (χ3v) is 2.76. The summed E-state index contributed by atoms with van der Waals surface area (Å²) >= 11 is 0. The van der Waals surface area contributed by atoms with Gasteiger partial charge in [-0.15, -0.1) is 0 Å². The highest BCUT2D eigenvalue weighted by Gasteiger charge is 2.16. The molecule has 0 aliphatic heterocycles. The Bertz CT molecular complexity index is 472. The van der Waals surface area contributed by atoms with Crippen LogP contribution in [-0.2, 0) is 9.53 Å². The lowest BCUT2D eigenvalue weighted by atomic mass is 10.1. The Morgan fingerprint density at radius 3 is 2.74 bits per heavy atom. The van der Waals surface area contributed by atoms with Gasteiger partial charge < -0.3 is 15.8 Å². The van der Waals surface area contributed by atoms with Crippen LogP contribution in [0.5, 0.6) is 0 Å². The molecule has 0 aromatic heterocycles. The van der Waals surface area contributed by atoms with Crippen molar-refractivity contribution in [2.75, 3.05) is 18.9 Å². The first-order valence-electron chi connectivity index (χ1n) is 6.26. The van der Waals surface area contributed by atoms with Crippen LogP contribution in [0.1, 0.15) is 29.8 Å². The summed E-state index contributed by atoms with van der Waals surface area (Å²) in [5.41, 5.74) is 7.56. The van der Waals surface area contributed by atoms with Gasteiger partial charge in [-0.25, -0.2) is 0 Å². The number of carbonyl (C=O) groups is 2. The predicted molar refractivity (Wildman–Crippen MR) is 73.7 cm³/mol. The monoisotopic (exact) mass is 264 g/mol. The van der Waals surface area contributed by atoms with E-state index in [1.54, 1.807) is 32.0 Å². The van der Waals surface area contributed by atoms with Crippen molar-refractivity contribution in [1.29, 1.82) is 0 Å². The molecule has 0 saturated heterocycles. The number of ether oxygens (including phenoxy) is 1. The second kappa shape index (κ2) is 6.78. The first-order chi connectivity index (χ1) is 8.95. The fourth-order valence-corrected chi connectivity index (χ4v) is 1.59. The molecule has 0 heterocycles. The van der Waals surface area contributed by atoms with Gasteiger partial charge in [0.1, 0.15) is 0 Å². The fourth-order valence-electron chi connectivity index (χ4n) is 1.59.